The molecular formula is C31H36ClN3O5. The van der Waals surface area contributed by atoms with Gasteiger partial charge >= 0.3 is 12.1 Å². The first-order valence-corrected chi connectivity index (χ1v) is 14.0. The highest BCUT2D eigenvalue weighted by Crippen LogP contribution is 2.41. The Morgan fingerprint density at radius 1 is 1.02 bits per heavy atom. The maximum atomic E-state index is 12.8. The second kappa shape index (κ2) is 12.7. The monoisotopic (exact) mass is 565 g/mol. The fourth-order valence-electron chi connectivity index (χ4n) is 4.93. The van der Waals surface area contributed by atoms with E-state index in [9.17, 15) is 9.59 Å². The van der Waals surface area contributed by atoms with Crippen LogP contribution in [0.1, 0.15) is 69.3 Å². The summed E-state index contributed by atoms with van der Waals surface area (Å²) in [4.78, 5) is 25.3. The van der Waals surface area contributed by atoms with Crippen LogP contribution < -0.4 is 10.1 Å². The van der Waals surface area contributed by atoms with E-state index in [1.807, 2.05) is 75.4 Å². The van der Waals surface area contributed by atoms with Crippen LogP contribution in [0.3, 0.4) is 0 Å². The van der Waals surface area contributed by atoms with Crippen molar-refractivity contribution in [2.45, 2.75) is 70.5 Å². The van der Waals surface area contributed by atoms with Gasteiger partial charge in [-0.05, 0) is 77.1 Å². The summed E-state index contributed by atoms with van der Waals surface area (Å²) in [7, 11) is 0. The molecule has 2 aromatic carbocycles. The van der Waals surface area contributed by atoms with E-state index < -0.39 is 17.7 Å². The van der Waals surface area contributed by atoms with E-state index in [2.05, 4.69) is 15.5 Å². The van der Waals surface area contributed by atoms with Crippen molar-refractivity contribution in [2.24, 2.45) is 0 Å². The van der Waals surface area contributed by atoms with Gasteiger partial charge in [-0.1, -0.05) is 54.1 Å². The zero-order valence-corrected chi connectivity index (χ0v) is 24.2. The Hall–Kier alpha value is -3.65. The number of nitrogens with zero attached hydrogens (tertiary/aromatic N) is 2. The fraction of sp³-hybridized carbons (Fsp3) is 0.419. The largest absolute Gasteiger partial charge is 0.473 e. The molecule has 1 aromatic heterocycles. The molecule has 0 aliphatic heterocycles. The van der Waals surface area contributed by atoms with Gasteiger partial charge in [0.15, 0.2) is 0 Å². The number of aromatic nitrogens is 2. The number of benzene rings is 2. The molecular weight excluding hydrogens is 530 g/mol. The van der Waals surface area contributed by atoms with Crippen LogP contribution in [0.15, 0.2) is 60.7 Å². The van der Waals surface area contributed by atoms with E-state index in [-0.39, 0.29) is 29.6 Å². The van der Waals surface area contributed by atoms with Crippen LogP contribution in [0, 0.1) is 0 Å². The number of halogens is 1. The molecule has 1 aliphatic carbocycles. The highest BCUT2D eigenvalue weighted by Gasteiger charge is 2.39. The summed E-state index contributed by atoms with van der Waals surface area (Å²) in [6, 6.07) is 18.9. The van der Waals surface area contributed by atoms with E-state index in [0.717, 1.165) is 24.0 Å². The summed E-state index contributed by atoms with van der Waals surface area (Å²) in [6.45, 7) is 7.89. The van der Waals surface area contributed by atoms with Crippen molar-refractivity contribution in [3.63, 3.8) is 0 Å². The number of carbonyl (C=O) groups excluding carboxylic acids is 2. The van der Waals surface area contributed by atoms with Crippen molar-refractivity contribution in [3.8, 4) is 17.1 Å². The molecule has 4 rings (SSSR count). The van der Waals surface area contributed by atoms with E-state index in [1.54, 1.807) is 13.0 Å². The third-order valence-corrected chi connectivity index (χ3v) is 7.14. The number of carbonyl (C=O) groups is 2. The molecule has 0 spiro atoms. The minimum absolute atomic E-state index is 0.158. The molecule has 3 aromatic rings. The van der Waals surface area contributed by atoms with Gasteiger partial charge in [-0.15, -0.1) is 10.2 Å². The molecule has 40 heavy (non-hydrogen) atoms. The molecule has 1 aliphatic rings. The normalized spacial score (nSPS) is 19.0. The van der Waals surface area contributed by atoms with Gasteiger partial charge < -0.3 is 19.5 Å². The van der Waals surface area contributed by atoms with Crippen LogP contribution >= 0.6 is 11.6 Å². The predicted molar refractivity (Wildman–Crippen MR) is 154 cm³/mol. The average molecular weight is 566 g/mol. The third kappa shape index (κ3) is 7.50. The Kier molecular flexibility index (Phi) is 9.30. The first-order chi connectivity index (χ1) is 19.1. The van der Waals surface area contributed by atoms with Crippen molar-refractivity contribution >= 4 is 23.7 Å². The van der Waals surface area contributed by atoms with Gasteiger partial charge in [0.2, 0.25) is 5.88 Å². The molecule has 1 heterocycles. The number of esters is 1. The van der Waals surface area contributed by atoms with Crippen LogP contribution in [0.4, 0.5) is 4.79 Å². The van der Waals surface area contributed by atoms with E-state index in [0.29, 0.717) is 30.1 Å². The third-order valence-electron chi connectivity index (χ3n) is 6.90. The van der Waals surface area contributed by atoms with Gasteiger partial charge in [-0.25, -0.2) is 9.59 Å². The maximum absolute atomic E-state index is 12.8. The van der Waals surface area contributed by atoms with E-state index >= 15 is 0 Å². The van der Waals surface area contributed by atoms with Crippen molar-refractivity contribution in [3.05, 3.63) is 76.8 Å². The minimum Gasteiger partial charge on any atom is -0.473 e. The smallest absolute Gasteiger partial charge is 0.407 e. The SMILES string of the molecule is CCOC(=O)c1cc(-c2ccccc2)nnc1O[C@H]1CC[C@](CNC(=O)OC(C)(C)C)(c2cccc(Cl)c2)CC1. The summed E-state index contributed by atoms with van der Waals surface area (Å²) in [5.74, 6) is -0.347. The number of hydrogen-bond donors (Lipinski definition) is 1. The second-order valence-electron chi connectivity index (χ2n) is 11.0. The number of hydrogen-bond acceptors (Lipinski definition) is 7. The van der Waals surface area contributed by atoms with Crippen LogP contribution in [0.2, 0.25) is 5.02 Å². The Morgan fingerprint density at radius 2 is 1.75 bits per heavy atom. The summed E-state index contributed by atoms with van der Waals surface area (Å²) >= 11 is 6.35. The van der Waals surface area contributed by atoms with Crippen LogP contribution in [0.5, 0.6) is 5.88 Å². The molecule has 0 bridgehead atoms. The molecule has 0 saturated heterocycles. The summed E-state index contributed by atoms with van der Waals surface area (Å²) in [5.41, 5.74) is 1.75. The number of nitrogens with one attached hydrogen (secondary N) is 1. The van der Waals surface area contributed by atoms with Crippen LogP contribution in [-0.4, -0.2) is 47.1 Å². The molecule has 1 amide bonds. The van der Waals surface area contributed by atoms with Crippen molar-refractivity contribution in [1.29, 1.82) is 0 Å². The van der Waals surface area contributed by atoms with E-state index in [4.69, 9.17) is 25.8 Å². The van der Waals surface area contributed by atoms with Gasteiger partial charge in [-0.3, -0.25) is 0 Å². The lowest BCUT2D eigenvalue weighted by Gasteiger charge is -2.41. The molecule has 0 atom stereocenters. The zero-order chi connectivity index (χ0) is 28.8. The lowest BCUT2D eigenvalue weighted by molar-refractivity contribution is 0.0491. The number of ether oxygens (including phenoxy) is 3. The number of rotatable bonds is 8. The molecule has 1 saturated carbocycles. The van der Waals surface area contributed by atoms with Gasteiger partial charge in [0.1, 0.15) is 17.3 Å². The molecule has 0 unspecified atom stereocenters. The topological polar surface area (TPSA) is 99.6 Å². The molecule has 8 nitrogen and oxygen atoms in total. The van der Waals surface area contributed by atoms with Crippen LogP contribution in [0.25, 0.3) is 11.3 Å². The summed E-state index contributed by atoms with van der Waals surface area (Å²) in [6.07, 6.45) is 2.13. The second-order valence-corrected chi connectivity index (χ2v) is 11.4. The molecule has 0 radical (unpaired) electrons. The Balaban J connectivity index is 1.52. The molecule has 1 N–H and O–H groups in total. The zero-order valence-electron chi connectivity index (χ0n) is 23.4. The van der Waals surface area contributed by atoms with Gasteiger partial charge in [0.05, 0.1) is 12.3 Å². The Bertz CT molecular complexity index is 1320. The number of amides is 1. The Morgan fingerprint density at radius 3 is 2.40 bits per heavy atom. The maximum Gasteiger partial charge on any atom is 0.407 e. The molecule has 1 fully saturated rings. The first kappa shape index (κ1) is 29.3. The molecule has 9 heteroatoms. The van der Waals surface area contributed by atoms with Gasteiger partial charge in [-0.2, -0.15) is 0 Å². The van der Waals surface area contributed by atoms with E-state index in [1.165, 1.54) is 0 Å². The number of alkyl carbamates (subject to hydrolysis) is 1. The predicted octanol–water partition coefficient (Wildman–Crippen LogP) is 6.76. The fourth-order valence-corrected chi connectivity index (χ4v) is 5.12. The van der Waals surface area contributed by atoms with Crippen molar-refractivity contribution < 1.29 is 23.8 Å². The summed E-state index contributed by atoms with van der Waals surface area (Å²) < 4.78 is 17.0. The summed E-state index contributed by atoms with van der Waals surface area (Å²) in [5, 5.41) is 12.2. The standard InChI is InChI=1S/C31H36ClN3O5/c1-5-38-28(36)25-19-26(21-10-7-6-8-11-21)34-35-27(25)39-24-14-16-31(17-15-24,22-12-9-13-23(32)18-22)20-33-29(37)40-30(2,3)4/h6-13,18-19,24H,5,14-17,20H2,1-4H3,(H,33,37)/t24-,31-. The average Bonchev–Trinajstić information content (AvgIpc) is 2.93. The lowest BCUT2D eigenvalue weighted by Crippen LogP contribution is -2.46. The van der Waals surface area contributed by atoms with Gasteiger partial charge in [0, 0.05) is 22.5 Å². The van der Waals surface area contributed by atoms with Crippen molar-refractivity contribution in [1.82, 2.24) is 15.5 Å². The van der Waals surface area contributed by atoms with Crippen molar-refractivity contribution in [2.75, 3.05) is 13.2 Å². The van der Waals surface area contributed by atoms with Gasteiger partial charge in [0.25, 0.3) is 0 Å². The Labute approximate surface area is 240 Å². The van der Waals surface area contributed by atoms with Crippen LogP contribution in [-0.2, 0) is 14.9 Å². The quantitative estimate of drug-likeness (QED) is 0.301. The molecule has 212 valence electrons. The lowest BCUT2D eigenvalue weighted by atomic mass is 9.68. The highest BCUT2D eigenvalue weighted by atomic mass is 35.5. The first-order valence-electron chi connectivity index (χ1n) is 13.6. The highest BCUT2D eigenvalue weighted by molar-refractivity contribution is 6.30. The minimum atomic E-state index is -0.591.